The number of pyridine rings is 1. The van der Waals surface area contributed by atoms with Gasteiger partial charge < -0.3 is 24.3 Å². The second-order valence-electron chi connectivity index (χ2n) is 9.26. The highest BCUT2D eigenvalue weighted by Gasteiger charge is 2.34. The van der Waals surface area contributed by atoms with Crippen LogP contribution >= 0.6 is 0 Å². The fourth-order valence-electron chi connectivity index (χ4n) is 3.81. The molecule has 1 aliphatic heterocycles. The van der Waals surface area contributed by atoms with E-state index < -0.39 is 62.0 Å². The van der Waals surface area contributed by atoms with Gasteiger partial charge in [-0.15, -0.1) is 0 Å². The second-order valence-corrected chi connectivity index (χ2v) is 11.0. The fraction of sp³-hybridized carbons (Fsp3) is 0.391. The van der Waals surface area contributed by atoms with Gasteiger partial charge in [-0.1, -0.05) is 20.8 Å². The van der Waals surface area contributed by atoms with Crippen LogP contribution in [0.2, 0.25) is 0 Å². The lowest BCUT2D eigenvalue weighted by Crippen LogP contribution is -2.44. The van der Waals surface area contributed by atoms with Gasteiger partial charge >= 0.3 is 16.1 Å². The summed E-state index contributed by atoms with van der Waals surface area (Å²) in [5, 5.41) is 11.0. The first-order valence-electron chi connectivity index (χ1n) is 11.0. The van der Waals surface area contributed by atoms with Crippen molar-refractivity contribution >= 4 is 16.1 Å². The number of aromatic nitrogens is 2. The molecular formula is C23H25F2N3O7S. The summed E-state index contributed by atoms with van der Waals surface area (Å²) in [5.41, 5.74) is -1.77. The predicted molar refractivity (Wildman–Crippen MR) is 122 cm³/mol. The molecule has 3 aromatic heterocycles. The van der Waals surface area contributed by atoms with E-state index in [1.165, 1.54) is 24.3 Å². The second kappa shape index (κ2) is 9.64. The van der Waals surface area contributed by atoms with Crippen molar-refractivity contribution in [2.75, 3.05) is 13.2 Å². The number of carboxylic acid groups (broad SMARTS) is 1. The molecule has 3 aromatic rings. The van der Waals surface area contributed by atoms with E-state index in [9.17, 15) is 22.7 Å². The van der Waals surface area contributed by atoms with E-state index in [2.05, 4.69) is 10.3 Å². The highest BCUT2D eigenvalue weighted by atomic mass is 32.2. The Morgan fingerprint density at radius 2 is 1.94 bits per heavy atom. The van der Waals surface area contributed by atoms with E-state index in [1.807, 2.05) is 0 Å². The number of rotatable bonds is 7. The number of carbonyl (C=O) groups is 1. The van der Waals surface area contributed by atoms with Crippen LogP contribution < -0.4 is 5.32 Å². The molecule has 2 N–H and O–H groups in total. The number of nitrogens with one attached hydrogen (secondary N) is 1. The summed E-state index contributed by atoms with van der Waals surface area (Å²) < 4.78 is 74.3. The zero-order chi connectivity index (χ0) is 26.3. The van der Waals surface area contributed by atoms with Crippen LogP contribution in [0.5, 0.6) is 0 Å². The number of nitrogens with zero attached hydrogens (tertiary/aromatic N) is 2. The molecule has 0 saturated carbocycles. The molecule has 0 spiro atoms. The zero-order valence-corrected chi connectivity index (χ0v) is 20.5. The summed E-state index contributed by atoms with van der Waals surface area (Å²) in [6, 6.07) is 4.27. The summed E-state index contributed by atoms with van der Waals surface area (Å²) >= 11 is 0. The minimum atomic E-state index is -4.57. The van der Waals surface area contributed by atoms with Crippen LogP contribution in [0.15, 0.2) is 46.2 Å². The monoisotopic (exact) mass is 525 g/mol. The molecule has 10 nitrogen and oxygen atoms in total. The van der Waals surface area contributed by atoms with Crippen molar-refractivity contribution in [3.05, 3.63) is 59.7 Å². The van der Waals surface area contributed by atoms with Crippen molar-refractivity contribution in [2.24, 2.45) is 5.41 Å². The maximum atomic E-state index is 15.8. The molecule has 1 atom stereocenters. The number of hydrogen-bond donors (Lipinski definition) is 2. The molecule has 1 aliphatic rings. The maximum Gasteiger partial charge on any atom is 0.404 e. The van der Waals surface area contributed by atoms with Gasteiger partial charge in [-0.05, 0) is 36.1 Å². The molecule has 1 amide bonds. The summed E-state index contributed by atoms with van der Waals surface area (Å²) in [6.07, 6.45) is -0.256. The van der Waals surface area contributed by atoms with Crippen molar-refractivity contribution in [1.29, 1.82) is 0 Å². The van der Waals surface area contributed by atoms with E-state index in [0.717, 1.165) is 12.4 Å². The first kappa shape index (κ1) is 25.8. The van der Waals surface area contributed by atoms with Crippen molar-refractivity contribution in [3.63, 3.8) is 0 Å². The van der Waals surface area contributed by atoms with Gasteiger partial charge in [0.2, 0.25) is 17.3 Å². The Bertz CT molecular complexity index is 1370. The van der Waals surface area contributed by atoms with Gasteiger partial charge in [0.25, 0.3) is 0 Å². The Hall–Kier alpha value is -3.29. The van der Waals surface area contributed by atoms with Gasteiger partial charge in [-0.3, -0.25) is 0 Å². The van der Waals surface area contributed by atoms with Gasteiger partial charge in [0.05, 0.1) is 18.8 Å². The maximum absolute atomic E-state index is 15.8. The third-order valence-corrected chi connectivity index (χ3v) is 7.27. The lowest BCUT2D eigenvalue weighted by atomic mass is 9.83. The summed E-state index contributed by atoms with van der Waals surface area (Å²) in [5.74, 6) is -2.01. The Balaban J connectivity index is 1.84. The van der Waals surface area contributed by atoms with Crippen LogP contribution in [0, 0.1) is 17.2 Å². The van der Waals surface area contributed by atoms with Crippen LogP contribution in [-0.4, -0.2) is 47.8 Å². The molecule has 0 aliphatic carbocycles. The first-order chi connectivity index (χ1) is 16.9. The summed E-state index contributed by atoms with van der Waals surface area (Å²) in [7, 11) is -4.57. The van der Waals surface area contributed by atoms with E-state index in [4.69, 9.17) is 13.9 Å². The SMILES string of the molecule is CC(C)(C)C(Cc1cn(S(=O)(=O)c2ccc(C3OCCO3)o2)c(-c2cccnc2F)c1F)NC(=O)O. The molecule has 13 heteroatoms. The predicted octanol–water partition coefficient (Wildman–Crippen LogP) is 3.93. The van der Waals surface area contributed by atoms with Crippen molar-refractivity contribution < 1.29 is 41.0 Å². The van der Waals surface area contributed by atoms with E-state index in [0.29, 0.717) is 17.2 Å². The Morgan fingerprint density at radius 1 is 1.25 bits per heavy atom. The standard InChI is InChI=1S/C23H25F2N3O7S/c1-23(2,3)16(27-22(29)30)11-13-12-28(19(18(13)24)14-5-4-8-26-20(14)25)36(31,32)17-7-6-15(35-17)21-33-9-10-34-21/h4-8,12,16,21,27H,9-11H2,1-3H3,(H,29,30). The van der Waals surface area contributed by atoms with Gasteiger partial charge in [0.1, 0.15) is 5.69 Å². The number of halogens is 2. The van der Waals surface area contributed by atoms with Crippen LogP contribution in [0.1, 0.15) is 38.4 Å². The average Bonchev–Trinajstić information content (AvgIpc) is 3.54. The lowest BCUT2D eigenvalue weighted by Gasteiger charge is -2.30. The van der Waals surface area contributed by atoms with Crippen LogP contribution in [-0.2, 0) is 25.9 Å². The lowest BCUT2D eigenvalue weighted by molar-refractivity contribution is -0.0607. The summed E-state index contributed by atoms with van der Waals surface area (Å²) in [4.78, 5) is 14.8. The Morgan fingerprint density at radius 3 is 2.56 bits per heavy atom. The number of ether oxygens (including phenoxy) is 2. The molecular weight excluding hydrogens is 500 g/mol. The van der Waals surface area contributed by atoms with Crippen LogP contribution in [0.25, 0.3) is 11.3 Å². The van der Waals surface area contributed by atoms with Crippen LogP contribution in [0.3, 0.4) is 0 Å². The van der Waals surface area contributed by atoms with Crippen LogP contribution in [0.4, 0.5) is 13.6 Å². The Labute approximate surface area is 205 Å². The van der Waals surface area contributed by atoms with Crippen molar-refractivity contribution in [1.82, 2.24) is 14.3 Å². The molecule has 4 rings (SSSR count). The third-order valence-electron chi connectivity index (χ3n) is 5.73. The van der Waals surface area contributed by atoms with Gasteiger partial charge in [0.15, 0.2) is 11.6 Å². The normalized spacial score (nSPS) is 15.8. The highest BCUT2D eigenvalue weighted by molar-refractivity contribution is 7.89. The number of furan rings is 1. The first-order valence-corrected chi connectivity index (χ1v) is 12.4. The van der Waals surface area contributed by atoms with Gasteiger partial charge in [0, 0.05) is 24.0 Å². The molecule has 0 radical (unpaired) electrons. The highest BCUT2D eigenvalue weighted by Crippen LogP contribution is 2.35. The molecule has 4 heterocycles. The topological polar surface area (TPSA) is 133 Å². The fourth-order valence-corrected chi connectivity index (χ4v) is 5.13. The van der Waals surface area contributed by atoms with Crippen molar-refractivity contribution in [3.8, 4) is 11.3 Å². The smallest absolute Gasteiger partial charge is 0.404 e. The molecule has 0 bridgehead atoms. The minimum Gasteiger partial charge on any atom is -0.465 e. The average molecular weight is 526 g/mol. The van der Waals surface area contributed by atoms with E-state index >= 15 is 4.39 Å². The zero-order valence-electron chi connectivity index (χ0n) is 19.7. The molecule has 194 valence electrons. The van der Waals surface area contributed by atoms with Crippen molar-refractivity contribution in [2.45, 2.75) is 44.6 Å². The molecule has 0 aromatic carbocycles. The largest absolute Gasteiger partial charge is 0.465 e. The minimum absolute atomic E-state index is 0.103. The quantitative estimate of drug-likeness (QED) is 0.444. The third kappa shape index (κ3) is 4.99. The van der Waals surface area contributed by atoms with E-state index in [1.54, 1.807) is 20.8 Å². The molecule has 36 heavy (non-hydrogen) atoms. The molecule has 1 unspecified atom stereocenters. The molecule has 1 saturated heterocycles. The van der Waals surface area contributed by atoms with Gasteiger partial charge in [-0.25, -0.2) is 18.1 Å². The van der Waals surface area contributed by atoms with Gasteiger partial charge in [-0.2, -0.15) is 12.8 Å². The molecule has 1 fully saturated rings. The van der Waals surface area contributed by atoms with E-state index in [-0.39, 0.29) is 17.7 Å². The Kier molecular flexibility index (Phi) is 6.90. The summed E-state index contributed by atoms with van der Waals surface area (Å²) in [6.45, 7) is 5.86. The number of amides is 1. The number of hydrogen-bond acceptors (Lipinski definition) is 7.